The van der Waals surface area contributed by atoms with Gasteiger partial charge in [0.05, 0.1) is 10.7 Å². The van der Waals surface area contributed by atoms with Crippen molar-refractivity contribution in [3.8, 4) is 0 Å². The molecular weight excluding hydrogens is 204 g/mol. The van der Waals surface area contributed by atoms with Gasteiger partial charge >= 0.3 is 0 Å². The zero-order chi connectivity index (χ0) is 10.5. The molecule has 0 radical (unpaired) electrons. The molecule has 0 atom stereocenters. The Labute approximate surface area is 94.0 Å². The van der Waals surface area contributed by atoms with Gasteiger partial charge in [-0.15, -0.1) is 11.3 Å². The van der Waals surface area contributed by atoms with Crippen molar-refractivity contribution < 1.29 is 0 Å². The normalized spacial score (nSPS) is 10.5. The SMILES string of the molecule is CCCc1csc(Cc2ccccn2)n1. The summed E-state index contributed by atoms with van der Waals surface area (Å²) in [5.74, 6) is 0. The molecule has 2 rings (SSSR count). The highest BCUT2D eigenvalue weighted by Gasteiger charge is 2.02. The summed E-state index contributed by atoms with van der Waals surface area (Å²) in [6.45, 7) is 2.18. The Morgan fingerprint density at radius 1 is 1.27 bits per heavy atom. The van der Waals surface area contributed by atoms with E-state index in [1.165, 1.54) is 5.69 Å². The van der Waals surface area contributed by atoms with Gasteiger partial charge in [-0.25, -0.2) is 4.98 Å². The Hall–Kier alpha value is -1.22. The van der Waals surface area contributed by atoms with Crippen LogP contribution in [-0.4, -0.2) is 9.97 Å². The van der Waals surface area contributed by atoms with Gasteiger partial charge in [0.25, 0.3) is 0 Å². The third kappa shape index (κ3) is 2.86. The van der Waals surface area contributed by atoms with Gasteiger partial charge in [-0.05, 0) is 18.6 Å². The first-order valence-electron chi connectivity index (χ1n) is 5.21. The quantitative estimate of drug-likeness (QED) is 0.788. The lowest BCUT2D eigenvalue weighted by atomic mass is 10.2. The summed E-state index contributed by atoms with van der Waals surface area (Å²) in [7, 11) is 0. The zero-order valence-corrected chi connectivity index (χ0v) is 9.63. The highest BCUT2D eigenvalue weighted by Crippen LogP contribution is 2.14. The molecule has 0 aliphatic heterocycles. The average molecular weight is 218 g/mol. The minimum Gasteiger partial charge on any atom is -0.261 e. The molecular formula is C12H14N2S. The summed E-state index contributed by atoms with van der Waals surface area (Å²) in [6, 6.07) is 6.00. The Balaban J connectivity index is 2.05. The Bertz CT molecular complexity index is 409. The third-order valence-corrected chi connectivity index (χ3v) is 3.06. The minimum absolute atomic E-state index is 0.856. The average Bonchev–Trinajstić information content (AvgIpc) is 2.68. The Morgan fingerprint density at radius 2 is 2.20 bits per heavy atom. The Kier molecular flexibility index (Phi) is 3.45. The van der Waals surface area contributed by atoms with Crippen molar-refractivity contribution in [2.75, 3.05) is 0 Å². The third-order valence-electron chi connectivity index (χ3n) is 2.16. The fourth-order valence-electron chi connectivity index (χ4n) is 1.46. The van der Waals surface area contributed by atoms with Crippen LogP contribution in [0.2, 0.25) is 0 Å². The largest absolute Gasteiger partial charge is 0.261 e. The van der Waals surface area contributed by atoms with E-state index in [0.717, 1.165) is 30.0 Å². The van der Waals surface area contributed by atoms with Crippen molar-refractivity contribution >= 4 is 11.3 Å². The predicted octanol–water partition coefficient (Wildman–Crippen LogP) is 3.08. The smallest absolute Gasteiger partial charge is 0.0988 e. The summed E-state index contributed by atoms with van der Waals surface area (Å²) < 4.78 is 0. The molecule has 15 heavy (non-hydrogen) atoms. The molecule has 0 aliphatic rings. The van der Waals surface area contributed by atoms with E-state index >= 15 is 0 Å². The monoisotopic (exact) mass is 218 g/mol. The molecule has 0 amide bonds. The first kappa shape index (κ1) is 10.3. The topological polar surface area (TPSA) is 25.8 Å². The first-order chi connectivity index (χ1) is 7.38. The number of rotatable bonds is 4. The number of hydrogen-bond acceptors (Lipinski definition) is 3. The lowest BCUT2D eigenvalue weighted by molar-refractivity contribution is 0.881. The minimum atomic E-state index is 0.856. The van der Waals surface area contributed by atoms with E-state index in [9.17, 15) is 0 Å². The number of thiazole rings is 1. The number of pyridine rings is 1. The van der Waals surface area contributed by atoms with Crippen LogP contribution in [0.15, 0.2) is 29.8 Å². The van der Waals surface area contributed by atoms with Crippen LogP contribution in [0.25, 0.3) is 0 Å². The van der Waals surface area contributed by atoms with E-state index in [1.54, 1.807) is 11.3 Å². The number of aryl methyl sites for hydroxylation is 1. The molecule has 0 fully saturated rings. The molecule has 78 valence electrons. The molecule has 2 aromatic heterocycles. The number of aromatic nitrogens is 2. The predicted molar refractivity (Wildman–Crippen MR) is 63.2 cm³/mol. The fraction of sp³-hybridized carbons (Fsp3) is 0.333. The second-order valence-corrected chi connectivity index (χ2v) is 4.42. The van der Waals surface area contributed by atoms with Crippen LogP contribution in [-0.2, 0) is 12.8 Å². The van der Waals surface area contributed by atoms with Crippen molar-refractivity contribution in [3.63, 3.8) is 0 Å². The van der Waals surface area contributed by atoms with Crippen LogP contribution in [0.5, 0.6) is 0 Å². The van der Waals surface area contributed by atoms with Gasteiger partial charge in [0, 0.05) is 23.7 Å². The summed E-state index contributed by atoms with van der Waals surface area (Å²) >= 11 is 1.73. The number of nitrogens with zero attached hydrogens (tertiary/aromatic N) is 2. The van der Waals surface area contributed by atoms with E-state index in [-0.39, 0.29) is 0 Å². The second kappa shape index (κ2) is 5.03. The van der Waals surface area contributed by atoms with Gasteiger partial charge < -0.3 is 0 Å². The molecule has 0 saturated carbocycles. The molecule has 0 saturated heterocycles. The molecule has 0 N–H and O–H groups in total. The van der Waals surface area contributed by atoms with Crippen molar-refractivity contribution in [1.82, 2.24) is 9.97 Å². The first-order valence-corrected chi connectivity index (χ1v) is 6.09. The van der Waals surface area contributed by atoms with E-state index in [2.05, 4.69) is 22.3 Å². The van der Waals surface area contributed by atoms with E-state index in [0.29, 0.717) is 0 Å². The maximum Gasteiger partial charge on any atom is 0.0988 e. The molecule has 3 heteroatoms. The van der Waals surface area contributed by atoms with E-state index in [1.807, 2.05) is 24.4 Å². The van der Waals surface area contributed by atoms with Crippen LogP contribution < -0.4 is 0 Å². The second-order valence-electron chi connectivity index (χ2n) is 3.48. The van der Waals surface area contributed by atoms with Crippen LogP contribution in [0.4, 0.5) is 0 Å². The van der Waals surface area contributed by atoms with Crippen LogP contribution in [0.1, 0.15) is 29.7 Å². The van der Waals surface area contributed by atoms with Gasteiger partial charge in [-0.3, -0.25) is 4.98 Å². The molecule has 0 aliphatic carbocycles. The summed E-state index contributed by atoms with van der Waals surface area (Å²) in [6.07, 6.45) is 4.93. The highest BCUT2D eigenvalue weighted by atomic mass is 32.1. The van der Waals surface area contributed by atoms with Crippen molar-refractivity contribution in [2.45, 2.75) is 26.2 Å². The van der Waals surface area contributed by atoms with E-state index < -0.39 is 0 Å². The van der Waals surface area contributed by atoms with Crippen LogP contribution in [0.3, 0.4) is 0 Å². The lowest BCUT2D eigenvalue weighted by Crippen LogP contribution is -1.91. The van der Waals surface area contributed by atoms with Gasteiger partial charge in [0.1, 0.15) is 0 Å². The van der Waals surface area contributed by atoms with Crippen molar-refractivity contribution in [3.05, 3.63) is 46.2 Å². The lowest BCUT2D eigenvalue weighted by Gasteiger charge is -1.95. The summed E-state index contributed by atoms with van der Waals surface area (Å²) in [4.78, 5) is 8.87. The van der Waals surface area contributed by atoms with Crippen LogP contribution >= 0.6 is 11.3 Å². The van der Waals surface area contributed by atoms with Crippen molar-refractivity contribution in [1.29, 1.82) is 0 Å². The van der Waals surface area contributed by atoms with E-state index in [4.69, 9.17) is 0 Å². The maximum atomic E-state index is 4.57. The van der Waals surface area contributed by atoms with Crippen LogP contribution in [0, 0.1) is 0 Å². The molecule has 0 aromatic carbocycles. The van der Waals surface area contributed by atoms with Gasteiger partial charge in [-0.2, -0.15) is 0 Å². The molecule has 0 bridgehead atoms. The molecule has 2 aromatic rings. The fourth-order valence-corrected chi connectivity index (χ4v) is 2.30. The molecule has 0 spiro atoms. The zero-order valence-electron chi connectivity index (χ0n) is 8.81. The number of hydrogen-bond donors (Lipinski definition) is 0. The highest BCUT2D eigenvalue weighted by molar-refractivity contribution is 7.09. The summed E-state index contributed by atoms with van der Waals surface area (Å²) in [5.41, 5.74) is 2.31. The molecule has 2 heterocycles. The summed E-state index contributed by atoms with van der Waals surface area (Å²) in [5, 5.41) is 3.32. The van der Waals surface area contributed by atoms with Crippen molar-refractivity contribution in [2.24, 2.45) is 0 Å². The molecule has 0 unspecified atom stereocenters. The van der Waals surface area contributed by atoms with Gasteiger partial charge in [0.15, 0.2) is 0 Å². The molecule has 2 nitrogen and oxygen atoms in total. The Morgan fingerprint density at radius 3 is 2.93 bits per heavy atom. The van der Waals surface area contributed by atoms with Gasteiger partial charge in [0.2, 0.25) is 0 Å². The van der Waals surface area contributed by atoms with Gasteiger partial charge in [-0.1, -0.05) is 19.4 Å². The maximum absolute atomic E-state index is 4.57. The standard InChI is InChI=1S/C12H14N2S/c1-2-5-11-9-15-12(14-11)8-10-6-3-4-7-13-10/h3-4,6-7,9H,2,5,8H2,1H3.